The van der Waals surface area contributed by atoms with E-state index in [1.54, 1.807) is 0 Å². The Kier molecular flexibility index (Phi) is 6.55. The molecular formula is C10H12O2. The summed E-state index contributed by atoms with van der Waals surface area (Å²) in [5.41, 5.74) is 0. The van der Waals surface area contributed by atoms with Crippen LogP contribution in [0.5, 0.6) is 0 Å². The molecule has 1 aromatic rings. The van der Waals surface area contributed by atoms with Crippen molar-refractivity contribution in [1.82, 2.24) is 0 Å². The summed E-state index contributed by atoms with van der Waals surface area (Å²) in [6.45, 7) is 4.48. The summed E-state index contributed by atoms with van der Waals surface area (Å²) in [4.78, 5) is 9.75. The molecule has 64 valence electrons. The van der Waals surface area contributed by atoms with Crippen LogP contribution in [-0.2, 0) is 9.53 Å². The quantitative estimate of drug-likeness (QED) is 0.470. The summed E-state index contributed by atoms with van der Waals surface area (Å²) in [5, 5.41) is 0. The lowest BCUT2D eigenvalue weighted by atomic mass is 10.4. The Balaban J connectivity index is 0.000000202. The Morgan fingerprint density at radius 2 is 1.50 bits per heavy atom. The van der Waals surface area contributed by atoms with Gasteiger partial charge in [0.1, 0.15) is 0 Å². The molecule has 0 aromatic heterocycles. The Hall–Kier alpha value is -1.57. The third-order valence-electron chi connectivity index (χ3n) is 0.916. The van der Waals surface area contributed by atoms with Crippen LogP contribution < -0.4 is 0 Å². The van der Waals surface area contributed by atoms with E-state index in [-0.39, 0.29) is 5.97 Å². The van der Waals surface area contributed by atoms with Gasteiger partial charge in [0.25, 0.3) is 0 Å². The molecule has 0 saturated carbocycles. The van der Waals surface area contributed by atoms with E-state index in [1.807, 2.05) is 36.4 Å². The molecule has 0 radical (unpaired) electrons. The second-order valence-electron chi connectivity index (χ2n) is 1.93. The van der Waals surface area contributed by atoms with Crippen molar-refractivity contribution in [2.45, 2.75) is 6.92 Å². The molecule has 0 atom stereocenters. The molecule has 0 amide bonds. The Labute approximate surface area is 72.5 Å². The molecule has 2 heteroatoms. The van der Waals surface area contributed by atoms with E-state index in [0.717, 1.165) is 6.26 Å². The van der Waals surface area contributed by atoms with Gasteiger partial charge in [0.15, 0.2) is 0 Å². The molecule has 0 bridgehead atoms. The fourth-order valence-corrected chi connectivity index (χ4v) is 0.502. The molecule has 0 aliphatic heterocycles. The molecule has 1 aromatic carbocycles. The first-order chi connectivity index (χ1) is 5.77. The van der Waals surface area contributed by atoms with Crippen LogP contribution in [0, 0.1) is 0 Å². The lowest BCUT2D eigenvalue weighted by molar-refractivity contribution is -0.135. The first-order valence-corrected chi connectivity index (χ1v) is 3.55. The van der Waals surface area contributed by atoms with Gasteiger partial charge in [0, 0.05) is 6.92 Å². The van der Waals surface area contributed by atoms with E-state index in [4.69, 9.17) is 0 Å². The smallest absolute Gasteiger partial charge is 0.307 e. The molecule has 0 saturated heterocycles. The van der Waals surface area contributed by atoms with Gasteiger partial charge in [-0.3, -0.25) is 4.79 Å². The first-order valence-electron chi connectivity index (χ1n) is 3.55. The van der Waals surface area contributed by atoms with Crippen LogP contribution in [0.2, 0.25) is 0 Å². The fraction of sp³-hybridized carbons (Fsp3) is 0.100. The van der Waals surface area contributed by atoms with Crippen LogP contribution in [0.3, 0.4) is 0 Å². The molecule has 0 fully saturated rings. The monoisotopic (exact) mass is 164 g/mol. The minimum atomic E-state index is -0.329. The van der Waals surface area contributed by atoms with Crippen molar-refractivity contribution in [3.8, 4) is 0 Å². The van der Waals surface area contributed by atoms with E-state index in [9.17, 15) is 4.79 Å². The van der Waals surface area contributed by atoms with Crippen LogP contribution in [0.15, 0.2) is 49.2 Å². The van der Waals surface area contributed by atoms with Crippen molar-refractivity contribution in [1.29, 1.82) is 0 Å². The lowest BCUT2D eigenvalue weighted by Gasteiger charge is -1.83. The summed E-state index contributed by atoms with van der Waals surface area (Å²) in [6, 6.07) is 12.0. The minimum Gasteiger partial charge on any atom is -0.435 e. The van der Waals surface area contributed by atoms with Gasteiger partial charge < -0.3 is 4.74 Å². The third-order valence-corrected chi connectivity index (χ3v) is 0.916. The summed E-state index contributed by atoms with van der Waals surface area (Å²) in [6.07, 6.45) is 1.10. The Bertz CT molecular complexity index is 190. The second kappa shape index (κ2) is 7.54. The molecule has 0 heterocycles. The van der Waals surface area contributed by atoms with Gasteiger partial charge >= 0.3 is 5.97 Å². The predicted molar refractivity (Wildman–Crippen MR) is 48.4 cm³/mol. The van der Waals surface area contributed by atoms with Gasteiger partial charge in [-0.05, 0) is 0 Å². The van der Waals surface area contributed by atoms with Gasteiger partial charge in [0.05, 0.1) is 6.26 Å². The SMILES string of the molecule is C=COC(C)=O.c1ccccc1. The van der Waals surface area contributed by atoms with Crippen LogP contribution in [0.1, 0.15) is 6.92 Å². The van der Waals surface area contributed by atoms with Gasteiger partial charge in [-0.1, -0.05) is 43.0 Å². The number of esters is 1. The summed E-state index contributed by atoms with van der Waals surface area (Å²) >= 11 is 0. The molecule has 0 N–H and O–H groups in total. The summed E-state index contributed by atoms with van der Waals surface area (Å²) < 4.78 is 4.17. The number of carbonyl (C=O) groups excluding carboxylic acids is 1. The highest BCUT2D eigenvalue weighted by Crippen LogP contribution is 1.79. The van der Waals surface area contributed by atoms with E-state index < -0.39 is 0 Å². The first kappa shape index (κ1) is 10.4. The van der Waals surface area contributed by atoms with Crippen LogP contribution >= 0.6 is 0 Å². The summed E-state index contributed by atoms with van der Waals surface area (Å²) in [7, 11) is 0. The Morgan fingerprint density at radius 3 is 1.58 bits per heavy atom. The van der Waals surface area contributed by atoms with Crippen molar-refractivity contribution < 1.29 is 9.53 Å². The number of ether oxygens (including phenoxy) is 1. The number of benzene rings is 1. The molecular weight excluding hydrogens is 152 g/mol. The van der Waals surface area contributed by atoms with Crippen LogP contribution in [0.25, 0.3) is 0 Å². The number of hydrogen-bond donors (Lipinski definition) is 0. The zero-order valence-corrected chi connectivity index (χ0v) is 7.07. The standard InChI is InChI=1S/C6H6.C4H6O2/c1-2-4-6-5-3-1;1-3-6-4(2)5/h1-6H;3H,1H2,2H3. The fourth-order valence-electron chi connectivity index (χ4n) is 0.502. The molecule has 0 spiro atoms. The molecule has 0 aliphatic rings. The van der Waals surface area contributed by atoms with E-state index in [1.165, 1.54) is 6.92 Å². The van der Waals surface area contributed by atoms with Crippen molar-refractivity contribution in [3.63, 3.8) is 0 Å². The zero-order valence-electron chi connectivity index (χ0n) is 7.07. The number of rotatable bonds is 1. The molecule has 0 unspecified atom stereocenters. The van der Waals surface area contributed by atoms with Crippen LogP contribution in [0.4, 0.5) is 0 Å². The second-order valence-corrected chi connectivity index (χ2v) is 1.93. The molecule has 0 aliphatic carbocycles. The maximum atomic E-state index is 9.75. The third kappa shape index (κ3) is 8.43. The molecule has 12 heavy (non-hydrogen) atoms. The van der Waals surface area contributed by atoms with Crippen LogP contribution in [-0.4, -0.2) is 5.97 Å². The highest BCUT2D eigenvalue weighted by molar-refractivity contribution is 5.66. The minimum absolute atomic E-state index is 0.329. The van der Waals surface area contributed by atoms with Gasteiger partial charge in [-0.15, -0.1) is 0 Å². The average molecular weight is 164 g/mol. The van der Waals surface area contributed by atoms with E-state index in [0.29, 0.717) is 0 Å². The van der Waals surface area contributed by atoms with Crippen molar-refractivity contribution >= 4 is 5.97 Å². The van der Waals surface area contributed by atoms with Crippen molar-refractivity contribution in [2.75, 3.05) is 0 Å². The normalized spacial score (nSPS) is 7.42. The Morgan fingerprint density at radius 1 is 1.17 bits per heavy atom. The lowest BCUT2D eigenvalue weighted by Crippen LogP contribution is -1.87. The molecule has 1 rings (SSSR count). The van der Waals surface area contributed by atoms with Gasteiger partial charge in [-0.2, -0.15) is 0 Å². The van der Waals surface area contributed by atoms with E-state index >= 15 is 0 Å². The summed E-state index contributed by atoms with van der Waals surface area (Å²) in [5.74, 6) is -0.329. The van der Waals surface area contributed by atoms with E-state index in [2.05, 4.69) is 11.3 Å². The zero-order chi connectivity index (χ0) is 9.23. The molecule has 2 nitrogen and oxygen atoms in total. The highest BCUT2D eigenvalue weighted by atomic mass is 16.5. The predicted octanol–water partition coefficient (Wildman–Crippen LogP) is 2.38. The number of hydrogen-bond acceptors (Lipinski definition) is 2. The van der Waals surface area contributed by atoms with Gasteiger partial charge in [0.2, 0.25) is 0 Å². The number of carbonyl (C=O) groups is 1. The average Bonchev–Trinajstić information content (AvgIpc) is 2.08. The maximum absolute atomic E-state index is 9.75. The largest absolute Gasteiger partial charge is 0.435 e. The van der Waals surface area contributed by atoms with Gasteiger partial charge in [-0.25, -0.2) is 0 Å². The highest BCUT2D eigenvalue weighted by Gasteiger charge is 1.79. The topological polar surface area (TPSA) is 26.3 Å². The van der Waals surface area contributed by atoms with Crippen molar-refractivity contribution in [2.24, 2.45) is 0 Å². The van der Waals surface area contributed by atoms with Crippen molar-refractivity contribution in [3.05, 3.63) is 49.2 Å². The maximum Gasteiger partial charge on any atom is 0.307 e.